The van der Waals surface area contributed by atoms with E-state index in [0.29, 0.717) is 6.61 Å². The number of ether oxygens (including phenoxy) is 1. The molecule has 1 aromatic heterocycles. The molecular formula is C10H19N5O. The van der Waals surface area contributed by atoms with Gasteiger partial charge in [-0.15, -0.1) is 5.10 Å². The molecule has 1 saturated heterocycles. The highest BCUT2D eigenvalue weighted by molar-refractivity contribution is 5.29. The summed E-state index contributed by atoms with van der Waals surface area (Å²) in [6.45, 7) is 8.42. The van der Waals surface area contributed by atoms with Crippen LogP contribution in [0.15, 0.2) is 0 Å². The highest BCUT2D eigenvalue weighted by Gasteiger charge is 2.14. The summed E-state index contributed by atoms with van der Waals surface area (Å²) in [6, 6.07) is 0. The van der Waals surface area contributed by atoms with E-state index in [2.05, 4.69) is 25.4 Å². The maximum atomic E-state index is 5.46. The zero-order valence-corrected chi connectivity index (χ0v) is 9.86. The van der Waals surface area contributed by atoms with Crippen molar-refractivity contribution in [3.05, 3.63) is 5.82 Å². The van der Waals surface area contributed by atoms with Crippen LogP contribution < -0.4 is 10.2 Å². The van der Waals surface area contributed by atoms with Gasteiger partial charge in [0, 0.05) is 26.2 Å². The lowest BCUT2D eigenvalue weighted by molar-refractivity contribution is 0.0615. The molecule has 90 valence electrons. The Labute approximate surface area is 95.4 Å². The van der Waals surface area contributed by atoms with Crippen molar-refractivity contribution in [2.24, 2.45) is 0 Å². The van der Waals surface area contributed by atoms with Gasteiger partial charge in [0.05, 0.1) is 6.10 Å². The molecule has 2 N–H and O–H groups in total. The van der Waals surface area contributed by atoms with Crippen LogP contribution in [-0.2, 0) is 11.3 Å². The highest BCUT2D eigenvalue weighted by Crippen LogP contribution is 2.08. The molecule has 1 aliphatic rings. The Bertz CT molecular complexity index is 319. The summed E-state index contributed by atoms with van der Waals surface area (Å²) in [5, 5.41) is 10.4. The first-order chi connectivity index (χ1) is 7.75. The van der Waals surface area contributed by atoms with Crippen LogP contribution in [0.1, 0.15) is 19.7 Å². The Kier molecular flexibility index (Phi) is 3.74. The molecule has 16 heavy (non-hydrogen) atoms. The molecule has 6 heteroatoms. The second-order valence-electron chi connectivity index (χ2n) is 4.18. The van der Waals surface area contributed by atoms with E-state index in [1.54, 1.807) is 0 Å². The van der Waals surface area contributed by atoms with Crippen molar-refractivity contribution in [1.82, 2.24) is 20.5 Å². The molecule has 0 saturated carbocycles. The Morgan fingerprint density at radius 2 is 2.12 bits per heavy atom. The fourth-order valence-electron chi connectivity index (χ4n) is 1.60. The van der Waals surface area contributed by atoms with E-state index in [1.807, 2.05) is 13.8 Å². The highest BCUT2D eigenvalue weighted by atomic mass is 16.5. The zero-order chi connectivity index (χ0) is 11.4. The van der Waals surface area contributed by atoms with Gasteiger partial charge in [-0.1, -0.05) is 0 Å². The summed E-state index contributed by atoms with van der Waals surface area (Å²) in [5.74, 6) is 1.58. The lowest BCUT2D eigenvalue weighted by atomic mass is 10.4. The monoisotopic (exact) mass is 225 g/mol. The van der Waals surface area contributed by atoms with Crippen LogP contribution in [-0.4, -0.2) is 47.5 Å². The quantitative estimate of drug-likeness (QED) is 0.763. The van der Waals surface area contributed by atoms with Gasteiger partial charge in [0.2, 0.25) is 5.95 Å². The molecule has 0 atom stereocenters. The molecule has 0 aliphatic carbocycles. The predicted molar refractivity (Wildman–Crippen MR) is 61.4 cm³/mol. The average molecular weight is 225 g/mol. The molecule has 1 aromatic rings. The summed E-state index contributed by atoms with van der Waals surface area (Å²) in [6.07, 6.45) is 0.215. The largest absolute Gasteiger partial charge is 0.371 e. The van der Waals surface area contributed by atoms with E-state index < -0.39 is 0 Å². The van der Waals surface area contributed by atoms with E-state index in [0.717, 1.165) is 38.0 Å². The molecule has 0 radical (unpaired) electrons. The third-order valence-corrected chi connectivity index (χ3v) is 2.47. The van der Waals surface area contributed by atoms with E-state index in [1.165, 1.54) is 0 Å². The van der Waals surface area contributed by atoms with Crippen molar-refractivity contribution < 1.29 is 4.74 Å². The van der Waals surface area contributed by atoms with Crippen LogP contribution in [0.4, 0.5) is 5.95 Å². The van der Waals surface area contributed by atoms with Crippen molar-refractivity contribution in [2.45, 2.75) is 26.6 Å². The molecule has 0 amide bonds. The first-order valence-electron chi connectivity index (χ1n) is 5.74. The van der Waals surface area contributed by atoms with Gasteiger partial charge in [0.15, 0.2) is 5.82 Å². The number of anilines is 1. The second kappa shape index (κ2) is 5.27. The Hall–Kier alpha value is -1.14. The number of piperazine rings is 1. The molecular weight excluding hydrogens is 206 g/mol. The van der Waals surface area contributed by atoms with Crippen molar-refractivity contribution in [2.75, 3.05) is 31.1 Å². The van der Waals surface area contributed by atoms with Crippen LogP contribution in [0.3, 0.4) is 0 Å². The zero-order valence-electron chi connectivity index (χ0n) is 9.86. The van der Waals surface area contributed by atoms with Crippen LogP contribution in [0.25, 0.3) is 0 Å². The number of hydrogen-bond acceptors (Lipinski definition) is 5. The molecule has 0 bridgehead atoms. The topological polar surface area (TPSA) is 66.1 Å². The molecule has 2 heterocycles. The smallest absolute Gasteiger partial charge is 0.244 e. The molecule has 0 unspecified atom stereocenters. The van der Waals surface area contributed by atoms with Gasteiger partial charge < -0.3 is 15.0 Å². The summed E-state index contributed by atoms with van der Waals surface area (Å²) in [4.78, 5) is 6.58. The summed E-state index contributed by atoms with van der Waals surface area (Å²) >= 11 is 0. The lowest BCUT2D eigenvalue weighted by Crippen LogP contribution is -2.44. The number of rotatable bonds is 4. The Morgan fingerprint density at radius 3 is 2.81 bits per heavy atom. The number of aromatic amines is 1. The molecule has 6 nitrogen and oxygen atoms in total. The standard InChI is InChI=1S/C10H19N5O/c1-8(2)16-7-9-12-10(14-13-9)15-5-3-11-4-6-15/h8,11H,3-7H2,1-2H3,(H,12,13,14). The third kappa shape index (κ3) is 2.93. The normalized spacial score (nSPS) is 17.1. The average Bonchev–Trinajstić information content (AvgIpc) is 2.76. The van der Waals surface area contributed by atoms with Crippen molar-refractivity contribution in [3.63, 3.8) is 0 Å². The fraction of sp³-hybridized carbons (Fsp3) is 0.800. The van der Waals surface area contributed by atoms with Gasteiger partial charge in [0.1, 0.15) is 6.61 Å². The van der Waals surface area contributed by atoms with E-state index in [-0.39, 0.29) is 6.10 Å². The number of aromatic nitrogens is 3. The first kappa shape index (κ1) is 11.3. The minimum atomic E-state index is 0.215. The van der Waals surface area contributed by atoms with Crippen molar-refractivity contribution in [3.8, 4) is 0 Å². The van der Waals surface area contributed by atoms with Gasteiger partial charge in [-0.3, -0.25) is 5.10 Å². The van der Waals surface area contributed by atoms with Crippen molar-refractivity contribution >= 4 is 5.95 Å². The lowest BCUT2D eigenvalue weighted by Gasteiger charge is -2.25. The summed E-state index contributed by atoms with van der Waals surface area (Å²) in [5.41, 5.74) is 0. The Balaban J connectivity index is 1.90. The second-order valence-corrected chi connectivity index (χ2v) is 4.18. The molecule has 0 aromatic carbocycles. The minimum Gasteiger partial charge on any atom is -0.371 e. The third-order valence-electron chi connectivity index (χ3n) is 2.47. The van der Waals surface area contributed by atoms with Gasteiger partial charge in [0.25, 0.3) is 0 Å². The molecule has 1 aliphatic heterocycles. The number of hydrogen-bond donors (Lipinski definition) is 2. The molecule has 0 spiro atoms. The van der Waals surface area contributed by atoms with Crippen LogP contribution >= 0.6 is 0 Å². The number of H-pyrrole nitrogens is 1. The van der Waals surface area contributed by atoms with Gasteiger partial charge >= 0.3 is 0 Å². The maximum absolute atomic E-state index is 5.46. The Morgan fingerprint density at radius 1 is 1.38 bits per heavy atom. The minimum absolute atomic E-state index is 0.215. The SMILES string of the molecule is CC(C)OCc1nc(N2CCNCC2)n[nH]1. The van der Waals surface area contributed by atoms with E-state index in [9.17, 15) is 0 Å². The molecule has 2 rings (SSSR count). The van der Waals surface area contributed by atoms with Gasteiger partial charge in [-0.25, -0.2) is 0 Å². The summed E-state index contributed by atoms with van der Waals surface area (Å²) < 4.78 is 5.46. The predicted octanol–water partition coefficient (Wildman–Crippen LogP) is 0.139. The first-order valence-corrected chi connectivity index (χ1v) is 5.74. The van der Waals surface area contributed by atoms with Crippen molar-refractivity contribution in [1.29, 1.82) is 0 Å². The maximum Gasteiger partial charge on any atom is 0.244 e. The van der Waals surface area contributed by atoms with Crippen LogP contribution in [0.2, 0.25) is 0 Å². The molecule has 1 fully saturated rings. The van der Waals surface area contributed by atoms with Crippen LogP contribution in [0.5, 0.6) is 0 Å². The number of nitrogens with one attached hydrogen (secondary N) is 2. The van der Waals surface area contributed by atoms with E-state index >= 15 is 0 Å². The van der Waals surface area contributed by atoms with Crippen LogP contribution in [0, 0.1) is 0 Å². The number of nitrogens with zero attached hydrogens (tertiary/aromatic N) is 3. The van der Waals surface area contributed by atoms with Gasteiger partial charge in [-0.05, 0) is 13.8 Å². The summed E-state index contributed by atoms with van der Waals surface area (Å²) in [7, 11) is 0. The van der Waals surface area contributed by atoms with Gasteiger partial charge in [-0.2, -0.15) is 4.98 Å². The van der Waals surface area contributed by atoms with E-state index in [4.69, 9.17) is 4.74 Å². The fourth-order valence-corrected chi connectivity index (χ4v) is 1.60.